The Labute approximate surface area is 161 Å². The van der Waals surface area contributed by atoms with Gasteiger partial charge in [0.05, 0.1) is 11.1 Å². The second kappa shape index (κ2) is 9.97. The molecular formula is C20H22BrNO4. The van der Waals surface area contributed by atoms with Crippen molar-refractivity contribution < 1.29 is 19.4 Å². The molecule has 1 atom stereocenters. The molecule has 0 bridgehead atoms. The maximum Gasteiger partial charge on any atom is 0.326 e. The van der Waals surface area contributed by atoms with E-state index in [-0.39, 0.29) is 18.7 Å². The first kappa shape index (κ1) is 20.0. The highest BCUT2D eigenvalue weighted by atomic mass is 79.9. The van der Waals surface area contributed by atoms with Crippen LogP contribution in [0.4, 0.5) is 0 Å². The molecule has 0 fully saturated rings. The van der Waals surface area contributed by atoms with Gasteiger partial charge in [-0.2, -0.15) is 0 Å². The fraction of sp³-hybridized carbons (Fsp3) is 0.300. The summed E-state index contributed by atoms with van der Waals surface area (Å²) in [5.74, 6) is -0.606. The van der Waals surface area contributed by atoms with Crippen LogP contribution in [0.1, 0.15) is 24.0 Å². The maximum atomic E-state index is 12.0. The lowest BCUT2D eigenvalue weighted by molar-refractivity contribution is -0.141. The van der Waals surface area contributed by atoms with E-state index in [1.54, 1.807) is 0 Å². The Hall–Kier alpha value is -2.34. The molecule has 1 amide bonds. The third-order valence-electron chi connectivity index (χ3n) is 3.81. The fourth-order valence-corrected chi connectivity index (χ4v) is 3.06. The number of carbonyl (C=O) groups excluding carboxylic acids is 1. The highest BCUT2D eigenvalue weighted by Crippen LogP contribution is 2.25. The zero-order valence-corrected chi connectivity index (χ0v) is 16.2. The summed E-state index contributed by atoms with van der Waals surface area (Å²) in [5, 5.41) is 11.9. The Balaban J connectivity index is 1.76. The highest BCUT2D eigenvalue weighted by molar-refractivity contribution is 9.10. The molecule has 0 spiro atoms. The minimum atomic E-state index is -1.04. The summed E-state index contributed by atoms with van der Waals surface area (Å²) in [7, 11) is 0. The van der Waals surface area contributed by atoms with Crippen molar-refractivity contribution in [2.45, 2.75) is 32.2 Å². The van der Waals surface area contributed by atoms with Crippen LogP contribution >= 0.6 is 15.9 Å². The van der Waals surface area contributed by atoms with E-state index in [0.29, 0.717) is 13.0 Å². The number of amides is 1. The van der Waals surface area contributed by atoms with Gasteiger partial charge in [0.2, 0.25) is 5.91 Å². The van der Waals surface area contributed by atoms with Gasteiger partial charge in [0.1, 0.15) is 11.8 Å². The molecule has 2 N–H and O–H groups in total. The Morgan fingerprint density at radius 3 is 2.58 bits per heavy atom. The van der Waals surface area contributed by atoms with Crippen LogP contribution in [-0.2, 0) is 16.0 Å². The number of halogens is 1. The van der Waals surface area contributed by atoms with Crippen molar-refractivity contribution in [2.24, 2.45) is 0 Å². The van der Waals surface area contributed by atoms with Crippen molar-refractivity contribution in [1.82, 2.24) is 5.32 Å². The topological polar surface area (TPSA) is 75.6 Å². The molecule has 0 saturated carbocycles. The third kappa shape index (κ3) is 6.52. The summed E-state index contributed by atoms with van der Waals surface area (Å²) in [4.78, 5) is 23.4. The Morgan fingerprint density at radius 1 is 1.19 bits per heavy atom. The van der Waals surface area contributed by atoms with Crippen molar-refractivity contribution in [3.8, 4) is 5.75 Å². The molecule has 138 valence electrons. The maximum absolute atomic E-state index is 12.0. The standard InChI is InChI=1S/C20H22BrNO4/c1-14-9-10-18(16(21)12-14)26-11-5-8-19(23)22-17(20(24)25)13-15-6-3-2-4-7-15/h2-4,6-7,9-10,12,17H,5,8,11,13H2,1H3,(H,22,23)(H,24,25). The molecule has 0 radical (unpaired) electrons. The van der Waals surface area contributed by atoms with Gasteiger partial charge in [-0.05, 0) is 52.5 Å². The average Bonchev–Trinajstić information content (AvgIpc) is 2.60. The fourth-order valence-electron chi connectivity index (χ4n) is 2.45. The molecule has 0 aliphatic rings. The van der Waals surface area contributed by atoms with Gasteiger partial charge in [-0.3, -0.25) is 4.79 Å². The zero-order valence-electron chi connectivity index (χ0n) is 14.6. The number of aryl methyl sites for hydroxylation is 1. The minimum absolute atomic E-state index is 0.210. The number of hydrogen-bond donors (Lipinski definition) is 2. The van der Waals surface area contributed by atoms with Gasteiger partial charge < -0.3 is 15.2 Å². The molecule has 1 unspecified atom stereocenters. The second-order valence-electron chi connectivity index (χ2n) is 6.03. The quantitative estimate of drug-likeness (QED) is 0.607. The lowest BCUT2D eigenvalue weighted by Crippen LogP contribution is -2.42. The monoisotopic (exact) mass is 419 g/mol. The molecule has 0 saturated heterocycles. The smallest absolute Gasteiger partial charge is 0.326 e. The molecule has 2 aromatic rings. The minimum Gasteiger partial charge on any atom is -0.492 e. The molecule has 6 heteroatoms. The SMILES string of the molecule is Cc1ccc(OCCCC(=O)NC(Cc2ccccc2)C(=O)O)c(Br)c1. The van der Waals surface area contributed by atoms with Crippen LogP contribution < -0.4 is 10.1 Å². The van der Waals surface area contributed by atoms with Crippen LogP contribution in [-0.4, -0.2) is 29.6 Å². The van der Waals surface area contributed by atoms with E-state index in [1.165, 1.54) is 0 Å². The summed E-state index contributed by atoms with van der Waals surface area (Å²) in [6.45, 7) is 2.37. The highest BCUT2D eigenvalue weighted by Gasteiger charge is 2.20. The van der Waals surface area contributed by atoms with Crippen molar-refractivity contribution in [3.63, 3.8) is 0 Å². The summed E-state index contributed by atoms with van der Waals surface area (Å²) >= 11 is 3.44. The second-order valence-corrected chi connectivity index (χ2v) is 6.89. The molecule has 0 aliphatic carbocycles. The lowest BCUT2D eigenvalue weighted by Gasteiger charge is -2.15. The van der Waals surface area contributed by atoms with Gasteiger partial charge in [0, 0.05) is 12.8 Å². The van der Waals surface area contributed by atoms with Crippen molar-refractivity contribution >= 4 is 27.8 Å². The van der Waals surface area contributed by atoms with Gasteiger partial charge in [0.25, 0.3) is 0 Å². The van der Waals surface area contributed by atoms with E-state index in [2.05, 4.69) is 21.2 Å². The number of rotatable bonds is 9. The Bertz CT molecular complexity index is 749. The molecule has 0 heterocycles. The molecule has 2 rings (SSSR count). The van der Waals surface area contributed by atoms with Crippen LogP contribution in [0.15, 0.2) is 53.0 Å². The van der Waals surface area contributed by atoms with Crippen LogP contribution in [0.2, 0.25) is 0 Å². The van der Waals surface area contributed by atoms with Gasteiger partial charge in [0.15, 0.2) is 0 Å². The number of hydrogen-bond acceptors (Lipinski definition) is 3. The number of carboxylic acids is 1. The summed E-state index contributed by atoms with van der Waals surface area (Å²) in [6, 6.07) is 14.1. The zero-order chi connectivity index (χ0) is 18.9. The predicted molar refractivity (Wildman–Crippen MR) is 103 cm³/mol. The number of carbonyl (C=O) groups is 2. The van der Waals surface area contributed by atoms with Crippen LogP contribution in [0.3, 0.4) is 0 Å². The Morgan fingerprint density at radius 2 is 1.92 bits per heavy atom. The van der Waals surface area contributed by atoms with Crippen molar-refractivity contribution in [3.05, 3.63) is 64.1 Å². The lowest BCUT2D eigenvalue weighted by atomic mass is 10.1. The number of nitrogens with one attached hydrogen (secondary N) is 1. The van der Waals surface area contributed by atoms with E-state index in [1.807, 2.05) is 55.5 Å². The summed E-state index contributed by atoms with van der Waals surface area (Å²) in [6.07, 6.45) is 0.973. The number of benzene rings is 2. The first-order chi connectivity index (χ1) is 12.5. The summed E-state index contributed by atoms with van der Waals surface area (Å²) < 4.78 is 6.52. The van der Waals surface area contributed by atoms with Gasteiger partial charge in [-0.15, -0.1) is 0 Å². The van der Waals surface area contributed by atoms with E-state index < -0.39 is 12.0 Å². The van der Waals surface area contributed by atoms with Gasteiger partial charge >= 0.3 is 5.97 Å². The molecule has 5 nitrogen and oxygen atoms in total. The normalized spacial score (nSPS) is 11.6. The number of carboxylic acid groups (broad SMARTS) is 1. The summed E-state index contributed by atoms with van der Waals surface area (Å²) in [5.41, 5.74) is 1.99. The third-order valence-corrected chi connectivity index (χ3v) is 4.43. The molecule has 0 aliphatic heterocycles. The van der Waals surface area contributed by atoms with E-state index in [9.17, 15) is 14.7 Å². The largest absolute Gasteiger partial charge is 0.492 e. The first-order valence-electron chi connectivity index (χ1n) is 8.41. The van der Waals surface area contributed by atoms with Gasteiger partial charge in [-0.1, -0.05) is 36.4 Å². The first-order valence-corrected chi connectivity index (χ1v) is 9.20. The van der Waals surface area contributed by atoms with Crippen LogP contribution in [0.5, 0.6) is 5.75 Å². The molecule has 2 aromatic carbocycles. The predicted octanol–water partition coefficient (Wildman–Crippen LogP) is 3.73. The van der Waals surface area contributed by atoms with Gasteiger partial charge in [-0.25, -0.2) is 4.79 Å². The Kier molecular flexibility index (Phi) is 7.66. The van der Waals surface area contributed by atoms with E-state index in [4.69, 9.17) is 4.74 Å². The molecular weight excluding hydrogens is 398 g/mol. The molecule has 0 aromatic heterocycles. The molecule has 26 heavy (non-hydrogen) atoms. The van der Waals surface area contributed by atoms with Crippen LogP contribution in [0, 0.1) is 6.92 Å². The van der Waals surface area contributed by atoms with Crippen LogP contribution in [0.25, 0.3) is 0 Å². The number of ether oxygens (including phenoxy) is 1. The average molecular weight is 420 g/mol. The van der Waals surface area contributed by atoms with E-state index >= 15 is 0 Å². The number of aliphatic carboxylic acids is 1. The van der Waals surface area contributed by atoms with Crippen molar-refractivity contribution in [2.75, 3.05) is 6.61 Å². The van der Waals surface area contributed by atoms with Crippen molar-refractivity contribution in [1.29, 1.82) is 0 Å². The van der Waals surface area contributed by atoms with E-state index in [0.717, 1.165) is 21.3 Å².